The van der Waals surface area contributed by atoms with E-state index in [0.29, 0.717) is 23.8 Å². The van der Waals surface area contributed by atoms with Crippen molar-refractivity contribution in [3.05, 3.63) is 47.5 Å². The molecule has 0 aliphatic heterocycles. The fourth-order valence-electron chi connectivity index (χ4n) is 2.25. The Balaban J connectivity index is 1.91. The Kier molecular flexibility index (Phi) is 6.07. The molecule has 0 aliphatic carbocycles. The van der Waals surface area contributed by atoms with E-state index in [9.17, 15) is 4.79 Å². The van der Waals surface area contributed by atoms with Crippen molar-refractivity contribution < 1.29 is 19.0 Å². The quantitative estimate of drug-likeness (QED) is 0.841. The van der Waals surface area contributed by atoms with Crippen molar-refractivity contribution in [2.45, 2.75) is 20.3 Å². The molecule has 0 bridgehead atoms. The van der Waals surface area contributed by atoms with E-state index < -0.39 is 0 Å². The average Bonchev–Trinajstić information content (AvgIpc) is 2.59. The highest BCUT2D eigenvalue weighted by Crippen LogP contribution is 2.29. The zero-order valence-corrected chi connectivity index (χ0v) is 14.5. The molecule has 0 unspecified atom stereocenters. The minimum absolute atomic E-state index is 0.135. The summed E-state index contributed by atoms with van der Waals surface area (Å²) in [7, 11) is 3.13. The van der Waals surface area contributed by atoms with Gasteiger partial charge in [-0.2, -0.15) is 0 Å². The van der Waals surface area contributed by atoms with Crippen LogP contribution in [0.15, 0.2) is 36.4 Å². The predicted molar refractivity (Wildman–Crippen MR) is 94.2 cm³/mol. The maximum Gasteiger partial charge on any atom is 0.227 e. The summed E-state index contributed by atoms with van der Waals surface area (Å²) in [6.07, 6.45) is 0.253. The van der Waals surface area contributed by atoms with E-state index in [0.717, 1.165) is 11.3 Å². The maximum absolute atomic E-state index is 12.1. The van der Waals surface area contributed by atoms with E-state index in [1.165, 1.54) is 5.56 Å². The van der Waals surface area contributed by atoms with Crippen LogP contribution in [-0.4, -0.2) is 26.7 Å². The summed E-state index contributed by atoms with van der Waals surface area (Å²) in [6.45, 7) is 4.35. The van der Waals surface area contributed by atoms with Crippen LogP contribution in [0.2, 0.25) is 0 Å². The second kappa shape index (κ2) is 8.24. The zero-order chi connectivity index (χ0) is 17.5. The smallest absolute Gasteiger partial charge is 0.227 e. The number of carbonyl (C=O) groups is 1. The van der Waals surface area contributed by atoms with E-state index in [-0.39, 0.29) is 12.3 Å². The molecule has 2 aromatic rings. The van der Waals surface area contributed by atoms with Gasteiger partial charge in [-0.15, -0.1) is 0 Å². The lowest BCUT2D eigenvalue weighted by molar-refractivity contribution is -0.116. The van der Waals surface area contributed by atoms with Gasteiger partial charge in [-0.3, -0.25) is 4.79 Å². The first kappa shape index (κ1) is 17.7. The molecular formula is C19H23NO4. The number of hydrogen-bond donors (Lipinski definition) is 1. The van der Waals surface area contributed by atoms with Gasteiger partial charge in [-0.05, 0) is 43.2 Å². The van der Waals surface area contributed by atoms with Crippen molar-refractivity contribution in [1.29, 1.82) is 0 Å². The summed E-state index contributed by atoms with van der Waals surface area (Å²) >= 11 is 0. The SMILES string of the molecule is COc1ccc(NC(=O)CCOc2cccc(C)c2C)c(OC)c1. The van der Waals surface area contributed by atoms with Crippen molar-refractivity contribution in [3.63, 3.8) is 0 Å². The molecule has 0 saturated heterocycles. The summed E-state index contributed by atoms with van der Waals surface area (Å²) in [5.74, 6) is 1.90. The molecule has 0 saturated carbocycles. The number of anilines is 1. The molecule has 0 fully saturated rings. The standard InChI is InChI=1S/C19H23NO4/c1-13-6-5-7-17(14(13)2)24-11-10-19(21)20-16-9-8-15(22-3)12-18(16)23-4/h5-9,12H,10-11H2,1-4H3,(H,20,21). The molecule has 2 aromatic carbocycles. The molecule has 1 N–H and O–H groups in total. The van der Waals surface area contributed by atoms with E-state index in [4.69, 9.17) is 14.2 Å². The molecule has 2 rings (SSSR count). The lowest BCUT2D eigenvalue weighted by Crippen LogP contribution is -2.16. The molecule has 128 valence electrons. The third-order valence-electron chi connectivity index (χ3n) is 3.82. The number of nitrogens with one attached hydrogen (secondary N) is 1. The molecule has 0 heterocycles. The zero-order valence-electron chi connectivity index (χ0n) is 14.5. The number of ether oxygens (including phenoxy) is 3. The summed E-state index contributed by atoms with van der Waals surface area (Å²) in [4.78, 5) is 12.1. The van der Waals surface area contributed by atoms with Crippen LogP contribution in [0.3, 0.4) is 0 Å². The normalized spacial score (nSPS) is 10.2. The Hall–Kier alpha value is -2.69. The highest BCUT2D eigenvalue weighted by molar-refractivity contribution is 5.92. The topological polar surface area (TPSA) is 56.8 Å². The fraction of sp³-hybridized carbons (Fsp3) is 0.316. The van der Waals surface area contributed by atoms with Crippen LogP contribution in [-0.2, 0) is 4.79 Å². The minimum atomic E-state index is -0.135. The highest BCUT2D eigenvalue weighted by Gasteiger charge is 2.10. The number of amides is 1. The van der Waals surface area contributed by atoms with Gasteiger partial charge in [-0.25, -0.2) is 0 Å². The first-order valence-electron chi connectivity index (χ1n) is 7.76. The minimum Gasteiger partial charge on any atom is -0.497 e. The van der Waals surface area contributed by atoms with Crippen LogP contribution in [0.5, 0.6) is 17.2 Å². The van der Waals surface area contributed by atoms with Gasteiger partial charge in [0.2, 0.25) is 5.91 Å². The predicted octanol–water partition coefficient (Wildman–Crippen LogP) is 3.73. The molecule has 24 heavy (non-hydrogen) atoms. The lowest BCUT2D eigenvalue weighted by atomic mass is 10.1. The number of methoxy groups -OCH3 is 2. The molecule has 0 atom stereocenters. The third-order valence-corrected chi connectivity index (χ3v) is 3.82. The molecular weight excluding hydrogens is 306 g/mol. The van der Waals surface area contributed by atoms with Crippen molar-refractivity contribution in [2.75, 3.05) is 26.1 Å². The van der Waals surface area contributed by atoms with Gasteiger partial charge in [0.25, 0.3) is 0 Å². The first-order chi connectivity index (χ1) is 11.5. The van der Waals surface area contributed by atoms with Crippen molar-refractivity contribution in [1.82, 2.24) is 0 Å². The van der Waals surface area contributed by atoms with Gasteiger partial charge < -0.3 is 19.5 Å². The highest BCUT2D eigenvalue weighted by atomic mass is 16.5. The Labute approximate surface area is 142 Å². The first-order valence-corrected chi connectivity index (χ1v) is 7.76. The number of aryl methyl sites for hydroxylation is 1. The van der Waals surface area contributed by atoms with Crippen LogP contribution in [0, 0.1) is 13.8 Å². The van der Waals surface area contributed by atoms with Gasteiger partial charge >= 0.3 is 0 Å². The van der Waals surface area contributed by atoms with Crippen LogP contribution in [0.1, 0.15) is 17.5 Å². The molecule has 0 radical (unpaired) electrons. The second-order valence-electron chi connectivity index (χ2n) is 5.41. The van der Waals surface area contributed by atoms with Gasteiger partial charge in [0.15, 0.2) is 0 Å². The van der Waals surface area contributed by atoms with Gasteiger partial charge in [0, 0.05) is 6.07 Å². The van der Waals surface area contributed by atoms with Gasteiger partial charge in [0.05, 0.1) is 32.9 Å². The van der Waals surface area contributed by atoms with Crippen molar-refractivity contribution in [3.8, 4) is 17.2 Å². The van der Waals surface area contributed by atoms with Crippen LogP contribution in [0.25, 0.3) is 0 Å². The molecule has 1 amide bonds. The summed E-state index contributed by atoms with van der Waals surface area (Å²) in [6, 6.07) is 11.1. The molecule has 0 aliphatic rings. The van der Waals surface area contributed by atoms with Gasteiger partial charge in [-0.1, -0.05) is 12.1 Å². The molecule has 0 aromatic heterocycles. The van der Waals surface area contributed by atoms with Crippen LogP contribution < -0.4 is 19.5 Å². The Morgan fingerprint density at radius 1 is 1.04 bits per heavy atom. The van der Waals surface area contributed by atoms with E-state index in [2.05, 4.69) is 5.32 Å². The number of carbonyl (C=O) groups excluding carboxylic acids is 1. The van der Waals surface area contributed by atoms with Crippen LogP contribution >= 0.6 is 0 Å². The number of rotatable bonds is 7. The summed E-state index contributed by atoms with van der Waals surface area (Å²) in [5, 5.41) is 2.83. The van der Waals surface area contributed by atoms with E-state index in [1.807, 2.05) is 32.0 Å². The number of hydrogen-bond acceptors (Lipinski definition) is 4. The summed E-state index contributed by atoms with van der Waals surface area (Å²) < 4.78 is 16.1. The van der Waals surface area contributed by atoms with E-state index in [1.54, 1.807) is 32.4 Å². The number of benzene rings is 2. The monoisotopic (exact) mass is 329 g/mol. The van der Waals surface area contributed by atoms with E-state index >= 15 is 0 Å². The third kappa shape index (κ3) is 4.41. The van der Waals surface area contributed by atoms with Crippen LogP contribution in [0.4, 0.5) is 5.69 Å². The van der Waals surface area contributed by atoms with Crippen molar-refractivity contribution in [2.24, 2.45) is 0 Å². The lowest BCUT2D eigenvalue weighted by Gasteiger charge is -2.13. The van der Waals surface area contributed by atoms with Crippen molar-refractivity contribution >= 4 is 11.6 Å². The Bertz CT molecular complexity index is 713. The molecule has 0 spiro atoms. The maximum atomic E-state index is 12.1. The summed E-state index contributed by atoms with van der Waals surface area (Å²) in [5.41, 5.74) is 2.87. The Morgan fingerprint density at radius 3 is 2.54 bits per heavy atom. The van der Waals surface area contributed by atoms with Gasteiger partial charge in [0.1, 0.15) is 17.2 Å². The molecule has 5 nitrogen and oxygen atoms in total. The largest absolute Gasteiger partial charge is 0.497 e. The second-order valence-corrected chi connectivity index (χ2v) is 5.41. The fourth-order valence-corrected chi connectivity index (χ4v) is 2.25. The Morgan fingerprint density at radius 2 is 1.83 bits per heavy atom. The molecule has 5 heteroatoms. The average molecular weight is 329 g/mol.